The first-order valence-electron chi connectivity index (χ1n) is 8.04. The lowest BCUT2D eigenvalue weighted by Crippen LogP contribution is -2.54. The van der Waals surface area contributed by atoms with E-state index < -0.39 is 0 Å². The SMILES string of the molecule is O=C(NCc1ccccc1O)C1CCC2CCCCC2N1. The average Bonchev–Trinajstić information content (AvgIpc) is 2.53. The van der Waals surface area contributed by atoms with Gasteiger partial charge in [0, 0.05) is 18.2 Å². The predicted octanol–water partition coefficient (Wildman–Crippen LogP) is 2.32. The number of benzene rings is 1. The van der Waals surface area contributed by atoms with E-state index in [0.29, 0.717) is 12.6 Å². The van der Waals surface area contributed by atoms with Crippen molar-refractivity contribution in [2.24, 2.45) is 5.92 Å². The van der Waals surface area contributed by atoms with Crippen LogP contribution in [0.5, 0.6) is 5.75 Å². The van der Waals surface area contributed by atoms with Gasteiger partial charge in [-0.2, -0.15) is 0 Å². The molecule has 114 valence electrons. The zero-order chi connectivity index (χ0) is 14.7. The van der Waals surface area contributed by atoms with Crippen LogP contribution in [0.25, 0.3) is 0 Å². The summed E-state index contributed by atoms with van der Waals surface area (Å²) in [4.78, 5) is 12.3. The zero-order valence-electron chi connectivity index (χ0n) is 12.3. The van der Waals surface area contributed by atoms with Crippen molar-refractivity contribution in [3.8, 4) is 5.75 Å². The van der Waals surface area contributed by atoms with Crippen LogP contribution in [0.2, 0.25) is 0 Å². The van der Waals surface area contributed by atoms with Crippen molar-refractivity contribution in [2.75, 3.05) is 0 Å². The number of carbonyl (C=O) groups excluding carboxylic acids is 1. The van der Waals surface area contributed by atoms with E-state index >= 15 is 0 Å². The van der Waals surface area contributed by atoms with Gasteiger partial charge < -0.3 is 15.7 Å². The lowest BCUT2D eigenvalue weighted by molar-refractivity contribution is -0.124. The van der Waals surface area contributed by atoms with Crippen LogP contribution in [0, 0.1) is 5.92 Å². The van der Waals surface area contributed by atoms with Crippen LogP contribution in [-0.2, 0) is 11.3 Å². The van der Waals surface area contributed by atoms with Crippen LogP contribution in [-0.4, -0.2) is 23.1 Å². The lowest BCUT2D eigenvalue weighted by Gasteiger charge is -2.39. The molecule has 0 bridgehead atoms. The number of amides is 1. The smallest absolute Gasteiger partial charge is 0.237 e. The van der Waals surface area contributed by atoms with E-state index in [1.807, 2.05) is 12.1 Å². The Kier molecular flexibility index (Phi) is 4.44. The molecule has 1 saturated carbocycles. The fourth-order valence-electron chi connectivity index (χ4n) is 3.67. The lowest BCUT2D eigenvalue weighted by atomic mass is 9.77. The highest BCUT2D eigenvalue weighted by atomic mass is 16.3. The minimum absolute atomic E-state index is 0.0577. The van der Waals surface area contributed by atoms with Crippen molar-refractivity contribution in [3.05, 3.63) is 29.8 Å². The third kappa shape index (κ3) is 3.38. The maximum Gasteiger partial charge on any atom is 0.237 e. The molecule has 21 heavy (non-hydrogen) atoms. The molecule has 4 nitrogen and oxygen atoms in total. The molecule has 3 atom stereocenters. The van der Waals surface area contributed by atoms with Gasteiger partial charge >= 0.3 is 0 Å². The van der Waals surface area contributed by atoms with Gasteiger partial charge in [-0.25, -0.2) is 0 Å². The minimum atomic E-state index is -0.0739. The van der Waals surface area contributed by atoms with Gasteiger partial charge in [0.05, 0.1) is 6.04 Å². The molecular weight excluding hydrogens is 264 g/mol. The number of hydrogen-bond donors (Lipinski definition) is 3. The predicted molar refractivity (Wildman–Crippen MR) is 81.9 cm³/mol. The quantitative estimate of drug-likeness (QED) is 0.800. The minimum Gasteiger partial charge on any atom is -0.508 e. The number of phenolic OH excluding ortho intramolecular Hbond substituents is 1. The Labute approximate surface area is 125 Å². The summed E-state index contributed by atoms with van der Waals surface area (Å²) in [7, 11) is 0. The van der Waals surface area contributed by atoms with Gasteiger partial charge in [0.2, 0.25) is 5.91 Å². The van der Waals surface area contributed by atoms with E-state index in [9.17, 15) is 9.90 Å². The van der Waals surface area contributed by atoms with E-state index in [2.05, 4.69) is 10.6 Å². The molecular formula is C17H24N2O2. The Hall–Kier alpha value is -1.55. The summed E-state index contributed by atoms with van der Waals surface area (Å²) in [6, 6.07) is 7.58. The highest BCUT2D eigenvalue weighted by Crippen LogP contribution is 2.32. The van der Waals surface area contributed by atoms with Crippen LogP contribution in [0.4, 0.5) is 0 Å². The second-order valence-corrected chi connectivity index (χ2v) is 6.29. The number of carbonyl (C=O) groups is 1. The van der Waals surface area contributed by atoms with Crippen LogP contribution in [0.15, 0.2) is 24.3 Å². The Morgan fingerprint density at radius 1 is 1.19 bits per heavy atom. The first-order valence-corrected chi connectivity index (χ1v) is 8.04. The van der Waals surface area contributed by atoms with Crippen molar-refractivity contribution in [1.82, 2.24) is 10.6 Å². The normalized spacial score (nSPS) is 28.7. The molecule has 2 aliphatic rings. The summed E-state index contributed by atoms with van der Waals surface area (Å²) >= 11 is 0. The van der Waals surface area contributed by atoms with E-state index in [1.54, 1.807) is 12.1 Å². The number of nitrogens with one attached hydrogen (secondary N) is 2. The summed E-state index contributed by atoms with van der Waals surface area (Å²) in [6.45, 7) is 0.387. The molecule has 3 unspecified atom stereocenters. The fraction of sp³-hybridized carbons (Fsp3) is 0.588. The molecule has 2 fully saturated rings. The largest absolute Gasteiger partial charge is 0.508 e. The summed E-state index contributed by atoms with van der Waals surface area (Å²) in [5.74, 6) is 1.06. The van der Waals surface area contributed by atoms with Crippen LogP contribution < -0.4 is 10.6 Å². The molecule has 3 N–H and O–H groups in total. The van der Waals surface area contributed by atoms with E-state index in [1.165, 1.54) is 25.7 Å². The molecule has 4 heteroatoms. The number of fused-ring (bicyclic) bond motifs is 1. The topological polar surface area (TPSA) is 61.4 Å². The Morgan fingerprint density at radius 3 is 2.86 bits per heavy atom. The molecule has 1 aromatic rings. The molecule has 1 saturated heterocycles. The zero-order valence-corrected chi connectivity index (χ0v) is 12.3. The summed E-state index contributed by atoms with van der Waals surface area (Å²) in [5, 5.41) is 16.2. The second kappa shape index (κ2) is 6.48. The van der Waals surface area contributed by atoms with Crippen LogP contribution in [0.3, 0.4) is 0 Å². The Bertz CT molecular complexity index is 503. The van der Waals surface area contributed by atoms with Gasteiger partial charge in [-0.15, -0.1) is 0 Å². The maximum absolute atomic E-state index is 12.3. The molecule has 1 aromatic carbocycles. The summed E-state index contributed by atoms with van der Waals surface area (Å²) in [5.41, 5.74) is 0.761. The average molecular weight is 288 g/mol. The van der Waals surface area contributed by atoms with Gasteiger partial charge in [-0.05, 0) is 37.7 Å². The fourth-order valence-corrected chi connectivity index (χ4v) is 3.67. The van der Waals surface area contributed by atoms with Crippen LogP contribution >= 0.6 is 0 Å². The molecule has 1 aliphatic heterocycles. The van der Waals surface area contributed by atoms with Gasteiger partial charge in [0.1, 0.15) is 5.75 Å². The van der Waals surface area contributed by atoms with Crippen LogP contribution in [0.1, 0.15) is 44.1 Å². The summed E-state index contributed by atoms with van der Waals surface area (Å²) in [6.07, 6.45) is 7.21. The molecule has 0 spiro atoms. The van der Waals surface area contributed by atoms with Gasteiger partial charge in [-0.3, -0.25) is 4.79 Å². The Morgan fingerprint density at radius 2 is 2.00 bits per heavy atom. The number of rotatable bonds is 3. The number of phenols is 1. The number of aromatic hydroxyl groups is 1. The first kappa shape index (κ1) is 14.4. The molecule has 1 aliphatic carbocycles. The van der Waals surface area contributed by atoms with Crippen molar-refractivity contribution in [2.45, 2.75) is 57.2 Å². The number of para-hydroxylation sites is 1. The third-order valence-electron chi connectivity index (χ3n) is 4.91. The highest BCUT2D eigenvalue weighted by molar-refractivity contribution is 5.81. The van der Waals surface area contributed by atoms with Gasteiger partial charge in [0.15, 0.2) is 0 Å². The second-order valence-electron chi connectivity index (χ2n) is 6.29. The molecule has 1 amide bonds. The van der Waals surface area contributed by atoms with Gasteiger partial charge in [0.25, 0.3) is 0 Å². The van der Waals surface area contributed by atoms with Crippen molar-refractivity contribution < 1.29 is 9.90 Å². The number of piperidine rings is 1. The Balaban J connectivity index is 1.53. The first-order chi connectivity index (χ1) is 10.2. The maximum atomic E-state index is 12.3. The number of hydrogen-bond acceptors (Lipinski definition) is 3. The molecule has 3 rings (SSSR count). The molecule has 0 radical (unpaired) electrons. The van der Waals surface area contributed by atoms with Crippen molar-refractivity contribution >= 4 is 5.91 Å². The monoisotopic (exact) mass is 288 g/mol. The summed E-state index contributed by atoms with van der Waals surface area (Å²) < 4.78 is 0. The third-order valence-corrected chi connectivity index (χ3v) is 4.91. The van der Waals surface area contributed by atoms with E-state index in [-0.39, 0.29) is 17.7 Å². The van der Waals surface area contributed by atoms with Crippen molar-refractivity contribution in [3.63, 3.8) is 0 Å². The van der Waals surface area contributed by atoms with E-state index in [0.717, 1.165) is 24.3 Å². The van der Waals surface area contributed by atoms with Gasteiger partial charge in [-0.1, -0.05) is 31.0 Å². The highest BCUT2D eigenvalue weighted by Gasteiger charge is 2.34. The standard InChI is InChI=1S/C17H24N2O2/c20-16-8-4-2-6-13(16)11-18-17(21)15-10-9-12-5-1-3-7-14(12)19-15/h2,4,6,8,12,14-15,19-20H,1,3,5,7,9-11H2,(H,18,21). The molecule has 1 heterocycles. The van der Waals surface area contributed by atoms with E-state index in [4.69, 9.17) is 0 Å². The molecule has 0 aromatic heterocycles. The van der Waals surface area contributed by atoms with Crippen molar-refractivity contribution in [1.29, 1.82) is 0 Å².